The molecule has 4 fully saturated rings. The van der Waals surface area contributed by atoms with Gasteiger partial charge in [-0.1, -0.05) is 17.7 Å². The lowest BCUT2D eigenvalue weighted by molar-refractivity contribution is 0.107. The van der Waals surface area contributed by atoms with Gasteiger partial charge in [0, 0.05) is 60.0 Å². The lowest BCUT2D eigenvalue weighted by atomic mass is 9.95. The molecule has 8 nitrogen and oxygen atoms in total. The molecule has 4 aliphatic rings. The highest BCUT2D eigenvalue weighted by molar-refractivity contribution is 6.35. The van der Waals surface area contributed by atoms with E-state index in [1.165, 1.54) is 0 Å². The van der Waals surface area contributed by atoms with E-state index >= 15 is 4.39 Å². The molecule has 4 aromatic rings. The maximum Gasteiger partial charge on any atom is 0.319 e. The topological polar surface area (TPSA) is 82.2 Å². The molecule has 2 aromatic carbocycles. The third-order valence-electron chi connectivity index (χ3n) is 9.67. The monoisotopic (exact) mass is 579 g/mol. The fraction of sp³-hybridized carbons (Fsp3) is 0.500. The summed E-state index contributed by atoms with van der Waals surface area (Å²) in [5.41, 5.74) is 2.47. The normalized spacial score (nSPS) is 27.8. The number of hydrogen-bond donors (Lipinski definition) is 2. The van der Waals surface area contributed by atoms with Crippen LogP contribution in [-0.2, 0) is 0 Å². The molecule has 0 radical (unpaired) electrons. The van der Waals surface area contributed by atoms with Crippen LogP contribution in [0.25, 0.3) is 32.9 Å². The molecule has 0 saturated carbocycles. The lowest BCUT2D eigenvalue weighted by Crippen LogP contribution is -2.51. The molecule has 4 aliphatic heterocycles. The minimum atomic E-state index is -0.862. The fourth-order valence-corrected chi connectivity index (χ4v) is 8.06. The van der Waals surface area contributed by atoms with Crippen molar-refractivity contribution in [3.05, 3.63) is 40.8 Å². The Bertz CT molecular complexity index is 1670. The number of halogens is 3. The van der Waals surface area contributed by atoms with E-state index in [2.05, 4.69) is 30.3 Å². The minimum absolute atomic E-state index is 0.118. The van der Waals surface area contributed by atoms with Crippen LogP contribution in [0.5, 0.6) is 6.01 Å². The fourth-order valence-electron chi connectivity index (χ4n) is 7.77. The van der Waals surface area contributed by atoms with Crippen molar-refractivity contribution in [1.82, 2.24) is 30.4 Å². The number of anilines is 1. The summed E-state index contributed by atoms with van der Waals surface area (Å²) in [5, 5.41) is 12.4. The predicted octanol–water partition coefficient (Wildman–Crippen LogP) is 5.17. The summed E-state index contributed by atoms with van der Waals surface area (Å²) in [6.07, 6.45) is 5.36. The first-order valence-electron chi connectivity index (χ1n) is 14.5. The van der Waals surface area contributed by atoms with Crippen molar-refractivity contribution in [3.63, 3.8) is 0 Å². The largest absolute Gasteiger partial charge is 0.461 e. The number of ether oxygens (including phenoxy) is 1. The smallest absolute Gasteiger partial charge is 0.319 e. The summed E-state index contributed by atoms with van der Waals surface area (Å²) in [6, 6.07) is 6.48. The zero-order chi connectivity index (χ0) is 27.9. The van der Waals surface area contributed by atoms with Crippen LogP contribution in [0, 0.1) is 12.7 Å². The summed E-state index contributed by atoms with van der Waals surface area (Å²) in [6.45, 7) is 5.04. The van der Waals surface area contributed by atoms with Crippen LogP contribution in [0.4, 0.5) is 14.6 Å². The van der Waals surface area contributed by atoms with E-state index in [-0.39, 0.29) is 29.2 Å². The van der Waals surface area contributed by atoms with E-state index in [1.54, 1.807) is 12.3 Å². The van der Waals surface area contributed by atoms with Crippen LogP contribution in [0.3, 0.4) is 0 Å². The van der Waals surface area contributed by atoms with Gasteiger partial charge in [0.15, 0.2) is 5.82 Å². The molecule has 2 unspecified atom stereocenters. The van der Waals surface area contributed by atoms with Crippen molar-refractivity contribution in [2.45, 2.75) is 62.8 Å². The van der Waals surface area contributed by atoms with Gasteiger partial charge in [-0.3, -0.25) is 10.00 Å². The van der Waals surface area contributed by atoms with Gasteiger partial charge in [0.25, 0.3) is 0 Å². The predicted molar refractivity (Wildman–Crippen MR) is 155 cm³/mol. The molecule has 6 heterocycles. The van der Waals surface area contributed by atoms with E-state index in [1.807, 2.05) is 19.1 Å². The maximum atomic E-state index is 16.8. The van der Waals surface area contributed by atoms with Gasteiger partial charge in [-0.2, -0.15) is 15.1 Å². The Hall–Kier alpha value is -3.08. The molecule has 2 N–H and O–H groups in total. The van der Waals surface area contributed by atoms with Crippen LogP contribution in [-0.4, -0.2) is 81.6 Å². The average molecular weight is 580 g/mol. The second-order valence-corrected chi connectivity index (χ2v) is 12.7. The minimum Gasteiger partial charge on any atom is -0.461 e. The third kappa shape index (κ3) is 4.09. The van der Waals surface area contributed by atoms with Crippen molar-refractivity contribution in [3.8, 4) is 17.1 Å². The first kappa shape index (κ1) is 25.6. The van der Waals surface area contributed by atoms with Crippen molar-refractivity contribution in [1.29, 1.82) is 0 Å². The Balaban J connectivity index is 1.27. The highest BCUT2D eigenvalue weighted by atomic mass is 35.5. The van der Waals surface area contributed by atoms with E-state index in [0.717, 1.165) is 61.8 Å². The van der Waals surface area contributed by atoms with Gasteiger partial charge < -0.3 is 15.0 Å². The summed E-state index contributed by atoms with van der Waals surface area (Å²) in [4.78, 5) is 13.9. The first-order valence-corrected chi connectivity index (χ1v) is 14.9. The van der Waals surface area contributed by atoms with Gasteiger partial charge in [0.1, 0.15) is 24.1 Å². The van der Waals surface area contributed by atoms with Crippen molar-refractivity contribution >= 4 is 39.2 Å². The maximum absolute atomic E-state index is 16.8. The van der Waals surface area contributed by atoms with Crippen molar-refractivity contribution in [2.75, 3.05) is 37.7 Å². The second-order valence-electron chi connectivity index (χ2n) is 12.3. The van der Waals surface area contributed by atoms with E-state index in [0.29, 0.717) is 46.8 Å². The number of fused-ring (bicyclic) bond motifs is 5. The zero-order valence-electron chi connectivity index (χ0n) is 22.9. The number of aromatic amines is 1. The van der Waals surface area contributed by atoms with E-state index < -0.39 is 12.0 Å². The number of aryl methyl sites for hydroxylation is 1. The van der Waals surface area contributed by atoms with E-state index in [9.17, 15) is 4.39 Å². The molecule has 0 aliphatic carbocycles. The summed E-state index contributed by atoms with van der Waals surface area (Å²) < 4.78 is 37.5. The molecule has 4 saturated heterocycles. The number of nitrogens with zero attached hydrogens (tertiary/aromatic N) is 5. The van der Waals surface area contributed by atoms with Crippen molar-refractivity contribution in [2.24, 2.45) is 0 Å². The number of aromatic nitrogens is 4. The highest BCUT2D eigenvalue weighted by Gasteiger charge is 2.49. The Morgan fingerprint density at radius 1 is 1.12 bits per heavy atom. The summed E-state index contributed by atoms with van der Waals surface area (Å²) in [5.74, 6) is 0.116. The van der Waals surface area contributed by atoms with Crippen LogP contribution in [0.1, 0.15) is 37.7 Å². The Morgan fingerprint density at radius 2 is 1.95 bits per heavy atom. The van der Waals surface area contributed by atoms with Gasteiger partial charge in [-0.05, 0) is 56.8 Å². The van der Waals surface area contributed by atoms with Crippen LogP contribution in [0.15, 0.2) is 24.4 Å². The molecule has 41 heavy (non-hydrogen) atoms. The molecular formula is C30H32ClF2N7O. The first-order chi connectivity index (χ1) is 19.9. The number of benzene rings is 2. The zero-order valence-corrected chi connectivity index (χ0v) is 23.6. The standard InChI is InChI=1S/C30H32ClF2N7O/c1-16-3-6-23-21(11-34-38-23)24(16)25-22(31)9-20-27(26(25)33)36-29(37-28(20)39-13-18-4-5-19(14-39)35-18)41-15-30-7-2-8-40(30)12-17(32)10-30/h3,6,9,11,17-19,35H,2,4-5,7-8,10,12-15H2,1H3,(H,34,38)/t17-,18?,19?,30+/m1/s1. The third-order valence-corrected chi connectivity index (χ3v) is 9.97. The van der Waals surface area contributed by atoms with Crippen molar-refractivity contribution < 1.29 is 13.5 Å². The second kappa shape index (κ2) is 9.47. The summed E-state index contributed by atoms with van der Waals surface area (Å²) in [7, 11) is 0. The number of H-pyrrole nitrogens is 1. The molecule has 2 bridgehead atoms. The Kier molecular flexibility index (Phi) is 5.92. The quantitative estimate of drug-likeness (QED) is 0.338. The molecule has 11 heteroatoms. The molecule has 8 rings (SSSR count). The van der Waals surface area contributed by atoms with Gasteiger partial charge in [-0.25, -0.2) is 8.78 Å². The number of alkyl halides is 1. The van der Waals surface area contributed by atoms with Gasteiger partial charge in [0.2, 0.25) is 0 Å². The summed E-state index contributed by atoms with van der Waals surface area (Å²) >= 11 is 6.89. The van der Waals surface area contributed by atoms with Gasteiger partial charge >= 0.3 is 6.01 Å². The molecular weight excluding hydrogens is 548 g/mol. The van der Waals surface area contributed by atoms with E-state index in [4.69, 9.17) is 21.3 Å². The van der Waals surface area contributed by atoms with Crippen LogP contribution >= 0.6 is 11.6 Å². The number of piperazine rings is 1. The molecule has 0 amide bonds. The SMILES string of the molecule is Cc1ccc2[nH]ncc2c1-c1c(Cl)cc2c(N3CC4CCC(C3)N4)nc(OC[C@@]34CCCN3C[C@H](F)C4)nc2c1F. The van der Waals surface area contributed by atoms with Crippen LogP contribution < -0.4 is 15.0 Å². The molecule has 2 aromatic heterocycles. The lowest BCUT2D eigenvalue weighted by Gasteiger charge is -2.34. The molecule has 4 atom stereocenters. The number of hydrogen-bond acceptors (Lipinski definition) is 7. The highest BCUT2D eigenvalue weighted by Crippen LogP contribution is 2.44. The Labute approximate surface area is 241 Å². The Morgan fingerprint density at radius 3 is 2.78 bits per heavy atom. The van der Waals surface area contributed by atoms with Crippen LogP contribution in [0.2, 0.25) is 5.02 Å². The number of rotatable bonds is 5. The van der Waals surface area contributed by atoms with Gasteiger partial charge in [0.05, 0.1) is 22.3 Å². The van der Waals surface area contributed by atoms with Gasteiger partial charge in [-0.15, -0.1) is 0 Å². The molecule has 0 spiro atoms. The molecule has 214 valence electrons. The number of nitrogens with one attached hydrogen (secondary N) is 2. The average Bonchev–Trinajstić information content (AvgIpc) is 3.72.